The zero-order valence-corrected chi connectivity index (χ0v) is 14.0. The van der Waals surface area contributed by atoms with Gasteiger partial charge in [-0.2, -0.15) is 5.10 Å². The largest absolute Gasteiger partial charge is 0.493 e. The number of methoxy groups -OCH3 is 1. The highest BCUT2D eigenvalue weighted by atomic mass is 16.6. The van der Waals surface area contributed by atoms with Crippen molar-refractivity contribution in [2.45, 2.75) is 0 Å². The molecule has 8 heteroatoms. The third kappa shape index (κ3) is 4.77. The van der Waals surface area contributed by atoms with Crippen LogP contribution in [0.3, 0.4) is 0 Å². The molecule has 0 spiro atoms. The maximum Gasteiger partial charge on any atom is 0.343 e. The molecule has 25 heavy (non-hydrogen) atoms. The van der Waals surface area contributed by atoms with E-state index in [9.17, 15) is 14.9 Å². The molecule has 0 aliphatic rings. The monoisotopic (exact) mass is 343 g/mol. The van der Waals surface area contributed by atoms with E-state index in [2.05, 4.69) is 5.10 Å². The molecule has 2 rings (SSSR count). The number of hydrazone groups is 1. The van der Waals surface area contributed by atoms with Crippen molar-refractivity contribution in [3.8, 4) is 11.5 Å². The summed E-state index contributed by atoms with van der Waals surface area (Å²) < 4.78 is 10.5. The molecule has 0 N–H and O–H groups in total. The molecule has 0 bridgehead atoms. The normalized spacial score (nSPS) is 10.5. The molecule has 2 aromatic carbocycles. The van der Waals surface area contributed by atoms with E-state index in [0.717, 1.165) is 11.6 Å². The molecule has 2 aromatic rings. The molecule has 0 atom stereocenters. The first-order valence-corrected chi connectivity index (χ1v) is 7.26. The predicted molar refractivity (Wildman–Crippen MR) is 92.3 cm³/mol. The Hall–Kier alpha value is -3.42. The van der Waals surface area contributed by atoms with Crippen molar-refractivity contribution in [1.29, 1.82) is 0 Å². The van der Waals surface area contributed by atoms with Gasteiger partial charge in [-0.15, -0.1) is 0 Å². The van der Waals surface area contributed by atoms with Gasteiger partial charge in [0.15, 0.2) is 11.5 Å². The first-order chi connectivity index (χ1) is 11.9. The lowest BCUT2D eigenvalue weighted by Crippen LogP contribution is -2.10. The molecule has 0 saturated heterocycles. The van der Waals surface area contributed by atoms with Crippen molar-refractivity contribution in [2.24, 2.45) is 5.10 Å². The van der Waals surface area contributed by atoms with Gasteiger partial charge in [0.25, 0.3) is 5.69 Å². The van der Waals surface area contributed by atoms with Gasteiger partial charge in [0, 0.05) is 26.2 Å². The Labute approximate surface area is 144 Å². The fourth-order valence-corrected chi connectivity index (χ4v) is 1.94. The number of ether oxygens (including phenoxy) is 2. The van der Waals surface area contributed by atoms with E-state index < -0.39 is 10.9 Å². The van der Waals surface area contributed by atoms with Crippen molar-refractivity contribution < 1.29 is 19.2 Å². The summed E-state index contributed by atoms with van der Waals surface area (Å²) in [7, 11) is 5.04. The zero-order chi connectivity index (χ0) is 18.4. The SMILES string of the molecule is COc1cc(/C=N/N(C)C)ccc1OC(=O)c1cccc([N+](=O)[O-])c1. The first kappa shape index (κ1) is 17.9. The van der Waals surface area contributed by atoms with Crippen molar-refractivity contribution in [3.63, 3.8) is 0 Å². The molecule has 0 radical (unpaired) electrons. The maximum absolute atomic E-state index is 12.2. The van der Waals surface area contributed by atoms with Crippen LogP contribution in [0.4, 0.5) is 5.69 Å². The summed E-state index contributed by atoms with van der Waals surface area (Å²) in [5, 5.41) is 16.6. The van der Waals surface area contributed by atoms with Gasteiger partial charge in [-0.05, 0) is 29.8 Å². The van der Waals surface area contributed by atoms with Gasteiger partial charge in [0.2, 0.25) is 0 Å². The highest BCUT2D eigenvalue weighted by Gasteiger charge is 2.15. The number of hydrogen-bond donors (Lipinski definition) is 0. The van der Waals surface area contributed by atoms with Crippen LogP contribution in [0.15, 0.2) is 47.6 Å². The lowest BCUT2D eigenvalue weighted by Gasteiger charge is -2.10. The van der Waals surface area contributed by atoms with Gasteiger partial charge in [0.05, 0.1) is 23.8 Å². The Balaban J connectivity index is 2.23. The van der Waals surface area contributed by atoms with E-state index in [1.165, 1.54) is 25.3 Å². The smallest absolute Gasteiger partial charge is 0.343 e. The molecule has 8 nitrogen and oxygen atoms in total. The minimum atomic E-state index is -0.711. The Morgan fingerprint density at radius 1 is 1.20 bits per heavy atom. The van der Waals surface area contributed by atoms with E-state index in [1.54, 1.807) is 43.5 Å². The molecule has 0 amide bonds. The number of nitrogens with zero attached hydrogens (tertiary/aromatic N) is 3. The van der Waals surface area contributed by atoms with Gasteiger partial charge in [-0.1, -0.05) is 6.07 Å². The number of carbonyl (C=O) groups is 1. The van der Waals surface area contributed by atoms with Crippen LogP contribution in [0.2, 0.25) is 0 Å². The molecule has 0 unspecified atom stereocenters. The molecule has 0 heterocycles. The molecular formula is C17H17N3O5. The van der Waals surface area contributed by atoms with Crippen molar-refractivity contribution in [2.75, 3.05) is 21.2 Å². The third-order valence-corrected chi connectivity index (χ3v) is 3.12. The average molecular weight is 343 g/mol. The Morgan fingerprint density at radius 2 is 1.96 bits per heavy atom. The second kappa shape index (κ2) is 7.91. The van der Waals surface area contributed by atoms with Gasteiger partial charge in [-0.3, -0.25) is 10.1 Å². The number of non-ortho nitro benzene ring substituents is 1. The predicted octanol–water partition coefficient (Wildman–Crippen LogP) is 2.72. The van der Waals surface area contributed by atoms with Gasteiger partial charge in [-0.25, -0.2) is 4.79 Å². The quantitative estimate of drug-likeness (QED) is 0.263. The van der Waals surface area contributed by atoms with E-state index in [0.29, 0.717) is 5.75 Å². The summed E-state index contributed by atoms with van der Waals surface area (Å²) in [5.74, 6) is -0.154. The van der Waals surface area contributed by atoms with Gasteiger partial charge >= 0.3 is 5.97 Å². The lowest BCUT2D eigenvalue weighted by molar-refractivity contribution is -0.384. The second-order valence-corrected chi connectivity index (χ2v) is 5.20. The van der Waals surface area contributed by atoms with Gasteiger partial charge in [0.1, 0.15) is 0 Å². The topological polar surface area (TPSA) is 94.3 Å². The number of nitro groups is 1. The van der Waals surface area contributed by atoms with Crippen LogP contribution in [0.25, 0.3) is 0 Å². The zero-order valence-electron chi connectivity index (χ0n) is 14.0. The van der Waals surface area contributed by atoms with Crippen LogP contribution in [0.1, 0.15) is 15.9 Å². The van der Waals surface area contributed by atoms with Crippen molar-refractivity contribution in [3.05, 3.63) is 63.7 Å². The van der Waals surface area contributed by atoms with E-state index in [-0.39, 0.29) is 17.0 Å². The van der Waals surface area contributed by atoms with Crippen molar-refractivity contribution in [1.82, 2.24) is 5.01 Å². The van der Waals surface area contributed by atoms with Gasteiger partial charge < -0.3 is 14.5 Å². The third-order valence-electron chi connectivity index (χ3n) is 3.12. The standard InChI is InChI=1S/C17H17N3O5/c1-19(2)18-11-12-7-8-15(16(9-12)24-3)25-17(21)13-5-4-6-14(10-13)20(22)23/h4-11H,1-3H3/b18-11+. The summed E-state index contributed by atoms with van der Waals surface area (Å²) in [6, 6.07) is 10.3. The molecule has 0 saturated carbocycles. The summed E-state index contributed by atoms with van der Waals surface area (Å²) >= 11 is 0. The Bertz CT molecular complexity index is 818. The number of benzene rings is 2. The van der Waals surface area contributed by atoms with Crippen LogP contribution in [0.5, 0.6) is 11.5 Å². The summed E-state index contributed by atoms with van der Waals surface area (Å²) in [6.45, 7) is 0. The van der Waals surface area contributed by atoms with E-state index in [4.69, 9.17) is 9.47 Å². The first-order valence-electron chi connectivity index (χ1n) is 7.26. The fraction of sp³-hybridized carbons (Fsp3) is 0.176. The maximum atomic E-state index is 12.2. The Morgan fingerprint density at radius 3 is 2.60 bits per heavy atom. The number of nitro benzene ring substituents is 1. The molecule has 0 aromatic heterocycles. The van der Waals surface area contributed by atoms with E-state index >= 15 is 0 Å². The van der Waals surface area contributed by atoms with Crippen LogP contribution in [-0.2, 0) is 0 Å². The summed E-state index contributed by atoms with van der Waals surface area (Å²) in [4.78, 5) is 22.4. The fourth-order valence-electron chi connectivity index (χ4n) is 1.94. The molecule has 130 valence electrons. The molecule has 0 fully saturated rings. The second-order valence-electron chi connectivity index (χ2n) is 5.20. The minimum absolute atomic E-state index is 0.0782. The van der Waals surface area contributed by atoms with Crippen LogP contribution >= 0.6 is 0 Å². The molecule has 0 aliphatic heterocycles. The van der Waals surface area contributed by atoms with Crippen molar-refractivity contribution >= 4 is 17.9 Å². The Kier molecular flexibility index (Phi) is 5.67. The number of rotatable bonds is 6. The highest BCUT2D eigenvalue weighted by Crippen LogP contribution is 2.28. The average Bonchev–Trinajstić information content (AvgIpc) is 2.60. The number of hydrogen-bond acceptors (Lipinski definition) is 7. The van der Waals surface area contributed by atoms with E-state index in [1.807, 2.05) is 0 Å². The highest BCUT2D eigenvalue weighted by molar-refractivity contribution is 5.92. The number of esters is 1. The summed E-state index contributed by atoms with van der Waals surface area (Å²) in [6.07, 6.45) is 1.63. The summed E-state index contributed by atoms with van der Waals surface area (Å²) in [5.41, 5.74) is 0.659. The van der Waals surface area contributed by atoms with Crippen LogP contribution in [0, 0.1) is 10.1 Å². The number of carbonyl (C=O) groups excluding carboxylic acids is 1. The van der Waals surface area contributed by atoms with Crippen LogP contribution < -0.4 is 9.47 Å². The molecule has 0 aliphatic carbocycles. The minimum Gasteiger partial charge on any atom is -0.493 e. The lowest BCUT2D eigenvalue weighted by atomic mass is 10.2. The van der Waals surface area contributed by atoms with Crippen LogP contribution in [-0.4, -0.2) is 43.3 Å². The molecular weight excluding hydrogens is 326 g/mol.